The Morgan fingerprint density at radius 1 is 1.25 bits per heavy atom. The second-order valence-corrected chi connectivity index (χ2v) is 5.54. The Labute approximate surface area is 95.2 Å². The van der Waals surface area contributed by atoms with Gasteiger partial charge in [-0.3, -0.25) is 0 Å². The van der Waals surface area contributed by atoms with Crippen LogP contribution in [-0.4, -0.2) is 19.2 Å². The van der Waals surface area contributed by atoms with Crippen LogP contribution in [0.2, 0.25) is 0 Å². The minimum absolute atomic E-state index is 0.160. The molecule has 6 nitrogen and oxygen atoms in total. The van der Waals surface area contributed by atoms with E-state index in [0.29, 0.717) is 4.96 Å². The fraction of sp³-hybridized carbons (Fsp3) is 0.556. The van der Waals surface area contributed by atoms with Crippen molar-refractivity contribution < 1.29 is 0 Å². The molecule has 0 saturated heterocycles. The van der Waals surface area contributed by atoms with E-state index in [-0.39, 0.29) is 5.41 Å². The van der Waals surface area contributed by atoms with Gasteiger partial charge in [-0.15, -0.1) is 0 Å². The second-order valence-electron chi connectivity index (χ2n) is 4.59. The molecule has 0 atom stereocenters. The summed E-state index contributed by atoms with van der Waals surface area (Å²) in [7, 11) is 1.39. The highest BCUT2D eigenvalue weighted by molar-refractivity contribution is 7.16. The number of rotatable bonds is 0. The monoisotopic (exact) mass is 240 g/mol. The Hall–Kier alpha value is -1.50. The van der Waals surface area contributed by atoms with E-state index in [9.17, 15) is 9.59 Å². The molecule has 0 aliphatic rings. The predicted octanol–water partition coefficient (Wildman–Crippen LogP) is 0.147. The van der Waals surface area contributed by atoms with Gasteiger partial charge < -0.3 is 0 Å². The van der Waals surface area contributed by atoms with Gasteiger partial charge in [0.25, 0.3) is 0 Å². The van der Waals surface area contributed by atoms with Gasteiger partial charge in [-0.2, -0.15) is 14.6 Å². The largest absolute Gasteiger partial charge is 0.355 e. The first-order chi connectivity index (χ1) is 7.30. The van der Waals surface area contributed by atoms with Crippen LogP contribution in [0.5, 0.6) is 0 Å². The van der Waals surface area contributed by atoms with E-state index in [0.717, 1.165) is 9.57 Å². The van der Waals surface area contributed by atoms with E-state index in [1.807, 2.05) is 20.8 Å². The van der Waals surface area contributed by atoms with Crippen LogP contribution in [0.25, 0.3) is 4.96 Å². The van der Waals surface area contributed by atoms with Crippen molar-refractivity contribution in [2.75, 3.05) is 0 Å². The summed E-state index contributed by atoms with van der Waals surface area (Å²) in [5.74, 6) is 0. The molecule has 2 rings (SSSR count). The highest BCUT2D eigenvalue weighted by Gasteiger charge is 2.20. The third-order valence-electron chi connectivity index (χ3n) is 2.15. The SMILES string of the molecule is Cn1c(=O)nc2sc(C(C)(C)C)nn2c1=O. The zero-order valence-corrected chi connectivity index (χ0v) is 10.3. The van der Waals surface area contributed by atoms with E-state index < -0.39 is 11.4 Å². The first kappa shape index (κ1) is 11.0. The number of aromatic nitrogens is 4. The maximum absolute atomic E-state index is 11.7. The van der Waals surface area contributed by atoms with Crippen LogP contribution in [0.3, 0.4) is 0 Å². The standard InChI is InChI=1S/C9H12N4O2S/c1-9(2,3)5-11-13-7(16-5)10-6(14)12(4)8(13)15/h1-4H3. The molecule has 7 heteroatoms. The van der Waals surface area contributed by atoms with Gasteiger partial charge in [0.1, 0.15) is 5.01 Å². The lowest BCUT2D eigenvalue weighted by molar-refractivity contribution is 0.566. The first-order valence-corrected chi connectivity index (χ1v) is 5.60. The van der Waals surface area contributed by atoms with Crippen molar-refractivity contribution in [2.45, 2.75) is 26.2 Å². The molecule has 0 aliphatic carbocycles. The summed E-state index contributed by atoms with van der Waals surface area (Å²) in [6.07, 6.45) is 0. The van der Waals surface area contributed by atoms with E-state index in [1.165, 1.54) is 22.9 Å². The third-order valence-corrected chi connectivity index (χ3v) is 3.48. The third kappa shape index (κ3) is 1.57. The predicted molar refractivity (Wildman–Crippen MR) is 61.1 cm³/mol. The quantitative estimate of drug-likeness (QED) is 0.657. The molecule has 0 aromatic carbocycles. The van der Waals surface area contributed by atoms with Gasteiger partial charge >= 0.3 is 11.4 Å². The Bertz CT molecular complexity index is 659. The zero-order chi connectivity index (χ0) is 12.1. The van der Waals surface area contributed by atoms with Crippen LogP contribution in [-0.2, 0) is 12.5 Å². The molecule has 2 heterocycles. The maximum atomic E-state index is 11.7. The van der Waals surface area contributed by atoms with E-state index >= 15 is 0 Å². The van der Waals surface area contributed by atoms with Gasteiger partial charge in [-0.1, -0.05) is 32.1 Å². The summed E-state index contributed by atoms with van der Waals surface area (Å²) in [5, 5.41) is 4.97. The summed E-state index contributed by atoms with van der Waals surface area (Å²) >= 11 is 1.27. The Kier molecular flexibility index (Phi) is 2.23. The molecule has 16 heavy (non-hydrogen) atoms. The van der Waals surface area contributed by atoms with Crippen LogP contribution in [0.1, 0.15) is 25.8 Å². The van der Waals surface area contributed by atoms with Gasteiger partial charge in [0.2, 0.25) is 4.96 Å². The molecular weight excluding hydrogens is 228 g/mol. The Morgan fingerprint density at radius 3 is 2.44 bits per heavy atom. The van der Waals surface area contributed by atoms with Crippen LogP contribution in [0.4, 0.5) is 0 Å². The maximum Gasteiger partial charge on any atom is 0.355 e. The molecule has 0 fully saturated rings. The first-order valence-electron chi connectivity index (χ1n) is 4.78. The summed E-state index contributed by atoms with van der Waals surface area (Å²) in [5.41, 5.74) is -1.16. The summed E-state index contributed by atoms with van der Waals surface area (Å²) < 4.78 is 2.12. The Balaban J connectivity index is 2.87. The molecule has 0 amide bonds. The molecule has 0 spiro atoms. The molecular formula is C9H12N4O2S. The molecule has 0 radical (unpaired) electrons. The summed E-state index contributed by atoms with van der Waals surface area (Å²) in [6.45, 7) is 5.98. The van der Waals surface area contributed by atoms with E-state index in [1.54, 1.807) is 0 Å². The van der Waals surface area contributed by atoms with Crippen LogP contribution < -0.4 is 11.4 Å². The lowest BCUT2D eigenvalue weighted by atomic mass is 9.98. The highest BCUT2D eigenvalue weighted by atomic mass is 32.1. The Morgan fingerprint density at radius 2 is 1.88 bits per heavy atom. The molecule has 0 N–H and O–H groups in total. The molecule has 86 valence electrons. The van der Waals surface area contributed by atoms with Crippen molar-refractivity contribution in [2.24, 2.45) is 7.05 Å². The lowest BCUT2D eigenvalue weighted by Gasteiger charge is -2.12. The van der Waals surface area contributed by atoms with Crippen molar-refractivity contribution in [1.29, 1.82) is 0 Å². The topological polar surface area (TPSA) is 69.3 Å². The fourth-order valence-corrected chi connectivity index (χ4v) is 2.09. The molecule has 2 aromatic heterocycles. The van der Waals surface area contributed by atoms with Gasteiger partial charge in [0, 0.05) is 12.5 Å². The number of fused-ring (bicyclic) bond motifs is 1. The van der Waals surface area contributed by atoms with Gasteiger partial charge in [-0.25, -0.2) is 14.2 Å². The molecule has 0 aliphatic heterocycles. The van der Waals surface area contributed by atoms with Crippen molar-refractivity contribution in [3.05, 3.63) is 26.0 Å². The minimum Gasteiger partial charge on any atom is -0.245 e. The van der Waals surface area contributed by atoms with Crippen molar-refractivity contribution in [3.63, 3.8) is 0 Å². The van der Waals surface area contributed by atoms with Gasteiger partial charge in [0.05, 0.1) is 0 Å². The molecule has 0 unspecified atom stereocenters. The van der Waals surface area contributed by atoms with Crippen molar-refractivity contribution >= 4 is 16.3 Å². The van der Waals surface area contributed by atoms with Crippen LogP contribution >= 0.6 is 11.3 Å². The fourth-order valence-electron chi connectivity index (χ4n) is 1.16. The molecule has 0 bridgehead atoms. The van der Waals surface area contributed by atoms with Crippen LogP contribution in [0.15, 0.2) is 9.59 Å². The normalized spacial score (nSPS) is 12.2. The number of hydrogen-bond donors (Lipinski definition) is 0. The zero-order valence-electron chi connectivity index (χ0n) is 9.51. The summed E-state index contributed by atoms with van der Waals surface area (Å²) in [4.78, 5) is 27.2. The van der Waals surface area contributed by atoms with Gasteiger partial charge in [-0.05, 0) is 0 Å². The average Bonchev–Trinajstić information content (AvgIpc) is 2.57. The van der Waals surface area contributed by atoms with Crippen LogP contribution in [0, 0.1) is 0 Å². The number of hydrogen-bond acceptors (Lipinski definition) is 5. The van der Waals surface area contributed by atoms with Crippen molar-refractivity contribution in [3.8, 4) is 0 Å². The van der Waals surface area contributed by atoms with Gasteiger partial charge in [0.15, 0.2) is 0 Å². The number of nitrogens with zero attached hydrogens (tertiary/aromatic N) is 4. The average molecular weight is 240 g/mol. The van der Waals surface area contributed by atoms with E-state index in [4.69, 9.17) is 0 Å². The lowest BCUT2D eigenvalue weighted by Crippen LogP contribution is -2.37. The highest BCUT2D eigenvalue weighted by Crippen LogP contribution is 2.25. The molecule has 0 saturated carbocycles. The van der Waals surface area contributed by atoms with Crippen molar-refractivity contribution in [1.82, 2.24) is 19.2 Å². The minimum atomic E-state index is -0.547. The second kappa shape index (κ2) is 3.24. The molecule has 2 aromatic rings. The smallest absolute Gasteiger partial charge is 0.245 e. The summed E-state index contributed by atoms with van der Waals surface area (Å²) in [6, 6.07) is 0. The van der Waals surface area contributed by atoms with E-state index in [2.05, 4.69) is 10.1 Å².